The molecule has 0 bridgehead atoms. The first-order chi connectivity index (χ1) is 8.49. The Morgan fingerprint density at radius 2 is 1.37 bits per heavy atom. The number of carbonyl (C=O) groups is 1. The first-order valence-corrected chi connectivity index (χ1v) is 9.01. The number of carboxylic acids is 1. The van der Waals surface area contributed by atoms with Crippen LogP contribution < -0.4 is 29.6 Å². The normalized spacial score (nSPS) is 12.9. The van der Waals surface area contributed by atoms with Gasteiger partial charge in [0.25, 0.3) is 0 Å². The molecule has 0 aromatic rings. The molecule has 19 heavy (non-hydrogen) atoms. The molecule has 11 heteroatoms. The predicted molar refractivity (Wildman–Crippen MR) is 54.3 cm³/mol. The third kappa shape index (κ3) is 14.0. The van der Waals surface area contributed by atoms with Crippen molar-refractivity contribution in [3.63, 3.8) is 0 Å². The Balaban J connectivity index is 4.16. The highest BCUT2D eigenvalue weighted by Crippen LogP contribution is 2.21. The van der Waals surface area contributed by atoms with Crippen LogP contribution in [0.3, 0.4) is 0 Å². The Kier molecular flexibility index (Phi) is 8.00. The van der Waals surface area contributed by atoms with Gasteiger partial charge >= 0.3 is 0 Å². The first kappa shape index (κ1) is 18.7. The minimum atomic E-state index is -4.92. The summed E-state index contributed by atoms with van der Waals surface area (Å²) in [7, 11) is -9.84. The maximum atomic E-state index is 10.6. The van der Waals surface area contributed by atoms with Gasteiger partial charge < -0.3 is 43.5 Å². The van der Waals surface area contributed by atoms with Crippen LogP contribution in [0.5, 0.6) is 0 Å². The quantitative estimate of drug-likeness (QED) is 0.308. The van der Waals surface area contributed by atoms with Gasteiger partial charge in [-0.3, -0.25) is 0 Å². The number of hydrogen-bond acceptors (Lipinski definition) is 8. The van der Waals surface area contributed by atoms with Crippen molar-refractivity contribution in [2.75, 3.05) is 19.1 Å². The zero-order valence-electron chi connectivity index (χ0n) is 10.1. The second-order valence-electron chi connectivity index (χ2n) is 4.22. The van der Waals surface area contributed by atoms with Crippen molar-refractivity contribution < 1.29 is 43.5 Å². The van der Waals surface area contributed by atoms with Crippen molar-refractivity contribution in [3.8, 4) is 0 Å². The molecule has 0 saturated carbocycles. The highest BCUT2D eigenvalue weighted by molar-refractivity contribution is 7.49. The molecular formula is C8H15NO8P2-4. The van der Waals surface area contributed by atoms with Crippen LogP contribution in [0, 0.1) is 0 Å². The molecule has 0 atom stereocenters. The van der Waals surface area contributed by atoms with Gasteiger partial charge in [-0.1, -0.05) is 0 Å². The van der Waals surface area contributed by atoms with Crippen molar-refractivity contribution in [2.45, 2.75) is 25.7 Å². The number of aliphatic carboxylic acids is 1. The van der Waals surface area contributed by atoms with Crippen molar-refractivity contribution in [2.24, 2.45) is 0 Å². The number of rotatable bonds is 10. The number of quaternary nitrogens is 1. The summed E-state index contributed by atoms with van der Waals surface area (Å²) in [5.74, 6) is -1.21. The molecule has 0 fully saturated rings. The Bertz CT molecular complexity index is 351. The summed E-state index contributed by atoms with van der Waals surface area (Å²) in [6.07, 6.45) is -1.05. The van der Waals surface area contributed by atoms with E-state index >= 15 is 0 Å². The van der Waals surface area contributed by atoms with E-state index in [1.807, 2.05) is 0 Å². The Hall–Kier alpha value is -0.270. The van der Waals surface area contributed by atoms with E-state index in [0.29, 0.717) is 19.3 Å². The maximum absolute atomic E-state index is 10.6. The molecule has 0 aromatic heterocycles. The SMILES string of the molecule is O=C([O-])CCCCC[NH+](CP(=O)([O-])[O-])CP(=O)([O-])[O-]. The number of carbonyl (C=O) groups excluding carboxylic acids is 1. The zero-order valence-corrected chi connectivity index (χ0v) is 11.9. The van der Waals surface area contributed by atoms with Gasteiger partial charge in [0.1, 0.15) is 12.6 Å². The van der Waals surface area contributed by atoms with E-state index in [-0.39, 0.29) is 17.9 Å². The zero-order chi connectivity index (χ0) is 15.1. The average Bonchev–Trinajstić information content (AvgIpc) is 2.10. The van der Waals surface area contributed by atoms with Gasteiger partial charge in [0.15, 0.2) is 0 Å². The molecule has 0 spiro atoms. The van der Waals surface area contributed by atoms with Crippen LogP contribution in [0.25, 0.3) is 0 Å². The fourth-order valence-corrected chi connectivity index (χ4v) is 3.39. The molecule has 0 amide bonds. The monoisotopic (exact) mass is 315 g/mol. The van der Waals surface area contributed by atoms with E-state index in [4.69, 9.17) is 0 Å². The summed E-state index contributed by atoms with van der Waals surface area (Å²) in [5.41, 5.74) is 0. The van der Waals surface area contributed by atoms with Gasteiger partial charge in [-0.05, 0) is 40.9 Å². The van der Waals surface area contributed by atoms with E-state index < -0.39 is 33.7 Å². The summed E-state index contributed by atoms with van der Waals surface area (Å²) in [6.45, 7) is -0.00398. The Labute approximate surface area is 110 Å². The lowest BCUT2D eigenvalue weighted by Crippen LogP contribution is -3.12. The van der Waals surface area contributed by atoms with Crippen molar-refractivity contribution in [1.82, 2.24) is 0 Å². The van der Waals surface area contributed by atoms with Gasteiger partial charge in [0.2, 0.25) is 0 Å². The molecule has 0 aliphatic heterocycles. The summed E-state index contributed by atoms with van der Waals surface area (Å²) >= 11 is 0. The third-order valence-corrected chi connectivity index (χ3v) is 3.91. The van der Waals surface area contributed by atoms with Crippen molar-refractivity contribution in [3.05, 3.63) is 0 Å². The fraction of sp³-hybridized carbons (Fsp3) is 0.875. The van der Waals surface area contributed by atoms with Gasteiger partial charge in [0.05, 0.1) is 6.54 Å². The fourth-order valence-electron chi connectivity index (χ4n) is 1.58. The van der Waals surface area contributed by atoms with Gasteiger partial charge in [0, 0.05) is 5.97 Å². The molecule has 0 aliphatic rings. The maximum Gasteiger partial charge on any atom is 0.103 e. The smallest absolute Gasteiger partial charge is 0.103 e. The molecule has 0 radical (unpaired) electrons. The van der Waals surface area contributed by atoms with Crippen LogP contribution in [0.1, 0.15) is 25.7 Å². The molecule has 9 nitrogen and oxygen atoms in total. The molecule has 0 unspecified atom stereocenters. The number of hydrogen-bond donors (Lipinski definition) is 1. The lowest BCUT2D eigenvalue weighted by atomic mass is 10.2. The minimum absolute atomic E-state index is 0.00398. The van der Waals surface area contributed by atoms with E-state index in [1.165, 1.54) is 0 Å². The standard InChI is InChI=1S/C8H19NO8P2/c10-8(11)4-2-1-3-5-9(6-18(12,13)14)7-19(15,16)17/h1-7H2,(H,10,11)(H2,12,13,14)(H2,15,16,17)/p-4. The molecule has 114 valence electrons. The predicted octanol–water partition coefficient (Wildman–Crippen LogP) is -5.08. The molecule has 0 heterocycles. The number of unbranched alkanes of at least 4 members (excludes halogenated alkanes) is 2. The number of carboxylic acid groups (broad SMARTS) is 1. The van der Waals surface area contributed by atoms with E-state index in [1.54, 1.807) is 0 Å². The van der Waals surface area contributed by atoms with Crippen molar-refractivity contribution in [1.29, 1.82) is 0 Å². The van der Waals surface area contributed by atoms with Crippen LogP contribution in [0.15, 0.2) is 0 Å². The first-order valence-electron chi connectivity index (χ1n) is 5.55. The molecule has 0 aromatic carbocycles. The second-order valence-corrected chi connectivity index (χ2v) is 7.30. The summed E-state index contributed by atoms with van der Waals surface area (Å²) < 4.78 is 21.2. The Morgan fingerprint density at radius 1 is 0.895 bits per heavy atom. The van der Waals surface area contributed by atoms with Gasteiger partial charge in [-0.25, -0.2) is 0 Å². The topological polar surface area (TPSA) is 171 Å². The van der Waals surface area contributed by atoms with Crippen LogP contribution >= 0.6 is 15.2 Å². The summed E-state index contributed by atoms with van der Waals surface area (Å²) in [6, 6.07) is 0. The largest absolute Gasteiger partial charge is 0.807 e. The lowest BCUT2D eigenvalue weighted by molar-refractivity contribution is -0.882. The second kappa shape index (κ2) is 8.11. The molecular weight excluding hydrogens is 300 g/mol. The lowest BCUT2D eigenvalue weighted by Gasteiger charge is -2.38. The van der Waals surface area contributed by atoms with Crippen LogP contribution in [0.2, 0.25) is 0 Å². The molecule has 0 saturated heterocycles. The van der Waals surface area contributed by atoms with Crippen LogP contribution in [0.4, 0.5) is 0 Å². The summed E-state index contributed by atoms with van der Waals surface area (Å²) in [4.78, 5) is 52.3. The van der Waals surface area contributed by atoms with E-state index in [2.05, 4.69) is 0 Å². The average molecular weight is 315 g/mol. The van der Waals surface area contributed by atoms with Crippen LogP contribution in [-0.4, -0.2) is 25.1 Å². The Morgan fingerprint density at radius 3 is 1.74 bits per heavy atom. The molecule has 0 aliphatic carbocycles. The molecule has 0 rings (SSSR count). The van der Waals surface area contributed by atoms with Crippen LogP contribution in [-0.2, 0) is 13.9 Å². The minimum Gasteiger partial charge on any atom is -0.807 e. The third-order valence-electron chi connectivity index (χ3n) is 2.25. The highest BCUT2D eigenvalue weighted by Gasteiger charge is 2.12. The molecule has 1 N–H and O–H groups in total. The summed E-state index contributed by atoms with van der Waals surface area (Å²) in [5, 5.41) is 10.1. The van der Waals surface area contributed by atoms with E-state index in [0.717, 1.165) is 0 Å². The number of nitrogens with one attached hydrogen (secondary N) is 1. The van der Waals surface area contributed by atoms with Crippen molar-refractivity contribution >= 4 is 21.2 Å². The van der Waals surface area contributed by atoms with Gasteiger partial charge in [-0.15, -0.1) is 0 Å². The van der Waals surface area contributed by atoms with E-state index in [9.17, 15) is 38.6 Å². The highest BCUT2D eigenvalue weighted by atomic mass is 31.2. The van der Waals surface area contributed by atoms with Gasteiger partial charge in [-0.2, -0.15) is 0 Å².